The molecule has 47 heavy (non-hydrogen) atoms. The third kappa shape index (κ3) is 9.10. The Kier molecular flexibility index (Phi) is 10.6. The lowest BCUT2D eigenvalue weighted by molar-refractivity contribution is -0.164. The van der Waals surface area contributed by atoms with E-state index in [1.807, 2.05) is 6.92 Å². The first-order chi connectivity index (χ1) is 21.5. The van der Waals surface area contributed by atoms with Gasteiger partial charge < -0.3 is 24.5 Å². The van der Waals surface area contributed by atoms with Crippen LogP contribution in [0.3, 0.4) is 0 Å². The molecule has 2 aromatic rings. The highest BCUT2D eigenvalue weighted by molar-refractivity contribution is 7.59. The van der Waals surface area contributed by atoms with E-state index in [4.69, 9.17) is 19.9 Å². The SMILES string of the molecule is C[C@H](Cn1cnc2c(N)ncnc21)OCP(=O)(NC(C)(C)C(=O)OC1CC(C(C)(C)C)C1)NC(C)(C)C(=O)OC1CC(C(C)(C)C)C1. The second kappa shape index (κ2) is 13.4. The molecule has 2 saturated carbocycles. The van der Waals surface area contributed by atoms with Gasteiger partial charge in [-0.3, -0.25) is 14.2 Å². The minimum absolute atomic E-state index is 0.139. The Labute approximate surface area is 279 Å². The number of anilines is 1. The lowest BCUT2D eigenvalue weighted by atomic mass is 9.67. The summed E-state index contributed by atoms with van der Waals surface area (Å²) in [6, 6.07) is 0. The van der Waals surface area contributed by atoms with Crippen molar-refractivity contribution in [3.63, 3.8) is 0 Å². The van der Waals surface area contributed by atoms with E-state index in [1.165, 1.54) is 6.33 Å². The topological polar surface area (TPSA) is 173 Å². The Bertz CT molecular complexity index is 1420. The van der Waals surface area contributed by atoms with Gasteiger partial charge >= 0.3 is 11.9 Å². The Morgan fingerprint density at radius 1 is 0.872 bits per heavy atom. The Morgan fingerprint density at radius 2 is 1.34 bits per heavy atom. The molecule has 1 atom stereocenters. The summed E-state index contributed by atoms with van der Waals surface area (Å²) >= 11 is 0. The number of aromatic nitrogens is 4. The zero-order valence-corrected chi connectivity index (χ0v) is 30.9. The van der Waals surface area contributed by atoms with Crippen LogP contribution < -0.4 is 15.9 Å². The van der Waals surface area contributed by atoms with Gasteiger partial charge in [0.2, 0.25) is 7.44 Å². The van der Waals surface area contributed by atoms with Crippen LogP contribution in [-0.2, 0) is 34.9 Å². The number of nitrogens with one attached hydrogen (secondary N) is 2. The Balaban J connectivity index is 1.45. The predicted molar refractivity (Wildman–Crippen MR) is 181 cm³/mol. The summed E-state index contributed by atoms with van der Waals surface area (Å²) < 4.78 is 34.3. The number of carbonyl (C=O) groups is 2. The molecule has 0 spiro atoms. The molecule has 0 unspecified atom stereocenters. The lowest BCUT2D eigenvalue weighted by Crippen LogP contribution is -2.55. The molecule has 2 fully saturated rings. The maximum atomic E-state index is 14.7. The minimum Gasteiger partial charge on any atom is -0.461 e. The number of nitrogens with zero attached hydrogens (tertiary/aromatic N) is 4. The van der Waals surface area contributed by atoms with Gasteiger partial charge in [0.15, 0.2) is 11.5 Å². The van der Waals surface area contributed by atoms with Crippen LogP contribution in [-0.4, -0.2) is 67.2 Å². The van der Waals surface area contributed by atoms with E-state index in [2.05, 4.69) is 66.7 Å². The molecular weight excluding hydrogens is 621 g/mol. The number of carbonyl (C=O) groups excluding carboxylic acids is 2. The second-order valence-electron chi connectivity index (χ2n) is 16.8. The van der Waals surface area contributed by atoms with Crippen LogP contribution in [0, 0.1) is 22.7 Å². The molecule has 0 aromatic carbocycles. The molecule has 264 valence electrons. The average Bonchev–Trinajstić information content (AvgIpc) is 3.28. The van der Waals surface area contributed by atoms with E-state index >= 15 is 0 Å². The number of fused-ring (bicyclic) bond motifs is 1. The van der Waals surface area contributed by atoms with Crippen molar-refractivity contribution in [1.29, 1.82) is 0 Å². The van der Waals surface area contributed by atoms with Crippen LogP contribution in [0.15, 0.2) is 12.7 Å². The first-order valence-corrected chi connectivity index (χ1v) is 18.5. The number of ether oxygens (including phenoxy) is 3. The summed E-state index contributed by atoms with van der Waals surface area (Å²) in [7, 11) is -3.81. The van der Waals surface area contributed by atoms with E-state index in [0.717, 1.165) is 25.7 Å². The van der Waals surface area contributed by atoms with Crippen molar-refractivity contribution >= 4 is 36.4 Å². The average molecular weight is 678 g/mol. The summed E-state index contributed by atoms with van der Waals surface area (Å²) in [6.45, 7) is 21.8. The van der Waals surface area contributed by atoms with Gasteiger partial charge in [0, 0.05) is 0 Å². The molecule has 0 bridgehead atoms. The largest absolute Gasteiger partial charge is 0.461 e. The van der Waals surface area contributed by atoms with Crippen LogP contribution in [0.4, 0.5) is 5.82 Å². The van der Waals surface area contributed by atoms with Crippen LogP contribution in [0.1, 0.15) is 102 Å². The summed E-state index contributed by atoms with van der Waals surface area (Å²) in [5.41, 5.74) is 4.53. The van der Waals surface area contributed by atoms with Gasteiger partial charge in [-0.1, -0.05) is 41.5 Å². The third-order valence-corrected chi connectivity index (χ3v) is 11.9. The van der Waals surface area contributed by atoms with Crippen LogP contribution in [0.5, 0.6) is 0 Å². The molecule has 0 amide bonds. The van der Waals surface area contributed by atoms with Crippen molar-refractivity contribution in [1.82, 2.24) is 29.7 Å². The fourth-order valence-electron chi connectivity index (χ4n) is 6.02. The summed E-state index contributed by atoms with van der Waals surface area (Å²) in [5.74, 6) is 0.173. The van der Waals surface area contributed by atoms with Crippen molar-refractivity contribution in [3.8, 4) is 0 Å². The Morgan fingerprint density at radius 3 is 1.79 bits per heavy atom. The van der Waals surface area contributed by atoms with E-state index in [9.17, 15) is 14.2 Å². The summed E-state index contributed by atoms with van der Waals surface area (Å²) in [4.78, 5) is 39.4. The summed E-state index contributed by atoms with van der Waals surface area (Å²) in [5, 5.41) is 6.03. The van der Waals surface area contributed by atoms with E-state index in [1.54, 1.807) is 38.6 Å². The molecule has 13 nitrogen and oxygen atoms in total. The van der Waals surface area contributed by atoms with Gasteiger partial charge in [0.25, 0.3) is 0 Å². The molecular formula is C33H56N7O6P. The van der Waals surface area contributed by atoms with Gasteiger partial charge in [-0.05, 0) is 83.0 Å². The molecule has 2 heterocycles. The number of esters is 2. The maximum absolute atomic E-state index is 14.7. The lowest BCUT2D eigenvalue weighted by Gasteiger charge is -2.44. The molecule has 0 aliphatic heterocycles. The molecule has 4 N–H and O–H groups in total. The van der Waals surface area contributed by atoms with Gasteiger partial charge in [0.05, 0.1) is 19.0 Å². The predicted octanol–water partition coefficient (Wildman–Crippen LogP) is 5.44. The standard InChI is InChI=1S/C33H56N7O6P/c1-20(16-40-18-37-25-26(34)35-17-36-27(25)40)44-19-47(43,38-32(8,9)28(41)45-23-12-21(13-23)30(2,3)4)39-33(10,11)29(42)46-24-14-22(15-24)31(5,6)7/h17-18,20-24H,12-16,19H2,1-11H3,(H2,34,35,36)(H2,38,39,43)/t20-,21?,22?,23?,24?,47?/m1/s1. The number of rotatable bonds is 13. The molecule has 4 rings (SSSR count). The molecule has 0 radical (unpaired) electrons. The van der Waals surface area contributed by atoms with Crippen molar-refractivity contribution in [2.24, 2.45) is 22.7 Å². The number of nitrogens with two attached hydrogens (primary N) is 1. The van der Waals surface area contributed by atoms with Crippen LogP contribution in [0.25, 0.3) is 11.2 Å². The van der Waals surface area contributed by atoms with E-state index < -0.39 is 36.6 Å². The highest BCUT2D eigenvalue weighted by Crippen LogP contribution is 2.46. The second-order valence-corrected chi connectivity index (χ2v) is 19.0. The van der Waals surface area contributed by atoms with Crippen molar-refractivity contribution < 1.29 is 28.4 Å². The maximum Gasteiger partial charge on any atom is 0.326 e. The van der Waals surface area contributed by atoms with Gasteiger partial charge in [-0.15, -0.1) is 0 Å². The first-order valence-electron chi connectivity index (χ1n) is 16.6. The summed E-state index contributed by atoms with van der Waals surface area (Å²) in [6.07, 6.45) is 4.96. The fourth-order valence-corrected chi connectivity index (χ4v) is 8.65. The Hall–Kier alpha value is -2.60. The highest BCUT2D eigenvalue weighted by Gasteiger charge is 2.47. The number of hydrogen-bond donors (Lipinski definition) is 3. The van der Waals surface area contributed by atoms with Gasteiger partial charge in [-0.25, -0.2) is 25.1 Å². The zero-order chi connectivity index (χ0) is 35.2. The molecule has 2 aliphatic rings. The van der Waals surface area contributed by atoms with E-state index in [0.29, 0.717) is 29.5 Å². The molecule has 2 aliphatic carbocycles. The number of hydrogen-bond acceptors (Lipinski definition) is 10. The number of imidazole rings is 1. The third-order valence-electron chi connectivity index (χ3n) is 9.55. The van der Waals surface area contributed by atoms with Gasteiger partial charge in [0.1, 0.15) is 41.5 Å². The fraction of sp³-hybridized carbons (Fsp3) is 0.788. The molecule has 14 heteroatoms. The van der Waals surface area contributed by atoms with E-state index in [-0.39, 0.29) is 35.2 Å². The van der Waals surface area contributed by atoms with Gasteiger partial charge in [-0.2, -0.15) is 0 Å². The highest BCUT2D eigenvalue weighted by atomic mass is 31.2. The van der Waals surface area contributed by atoms with Crippen molar-refractivity contribution in [3.05, 3.63) is 12.7 Å². The number of nitrogen functional groups attached to an aromatic ring is 1. The van der Waals surface area contributed by atoms with Crippen LogP contribution in [0.2, 0.25) is 0 Å². The van der Waals surface area contributed by atoms with Crippen molar-refractivity contribution in [2.75, 3.05) is 12.1 Å². The quantitative estimate of drug-likeness (QED) is 0.181. The van der Waals surface area contributed by atoms with Crippen molar-refractivity contribution in [2.45, 2.75) is 138 Å². The first kappa shape index (κ1) is 37.2. The molecule has 0 saturated heterocycles. The smallest absolute Gasteiger partial charge is 0.326 e. The molecule has 2 aromatic heterocycles. The monoisotopic (exact) mass is 677 g/mol. The van der Waals surface area contributed by atoms with Crippen LogP contribution >= 0.6 is 7.44 Å². The zero-order valence-electron chi connectivity index (χ0n) is 30.0. The normalized spacial score (nSPS) is 24.1. The minimum atomic E-state index is -3.81.